The van der Waals surface area contributed by atoms with E-state index in [4.69, 9.17) is 4.42 Å². The maximum absolute atomic E-state index is 5.03. The van der Waals surface area contributed by atoms with Gasteiger partial charge in [-0.15, -0.1) is 10.2 Å². The van der Waals surface area contributed by atoms with Crippen LogP contribution in [0.5, 0.6) is 0 Å². The Morgan fingerprint density at radius 2 is 2.13 bits per heavy atom. The van der Waals surface area contributed by atoms with Crippen LogP contribution in [0.2, 0.25) is 0 Å². The molecule has 1 heterocycles. The molecule has 2 unspecified atom stereocenters. The average Bonchev–Trinajstić information content (AvgIpc) is 3.12. The third-order valence-electron chi connectivity index (χ3n) is 4.87. The van der Waals surface area contributed by atoms with E-state index in [0.29, 0.717) is 5.22 Å². The van der Waals surface area contributed by atoms with Crippen LogP contribution in [0, 0.1) is 12.3 Å². The van der Waals surface area contributed by atoms with Crippen molar-refractivity contribution in [2.24, 2.45) is 5.92 Å². The molecule has 23 heavy (non-hydrogen) atoms. The van der Waals surface area contributed by atoms with Crippen molar-refractivity contribution in [1.29, 1.82) is 0 Å². The van der Waals surface area contributed by atoms with Crippen LogP contribution in [-0.2, 0) is 5.75 Å². The molecule has 3 nitrogen and oxygen atoms in total. The van der Waals surface area contributed by atoms with E-state index in [0.717, 1.165) is 17.6 Å². The Kier molecular flexibility index (Phi) is 6.14. The van der Waals surface area contributed by atoms with Gasteiger partial charge in [0.25, 0.3) is 5.22 Å². The topological polar surface area (TPSA) is 38.9 Å². The fraction of sp³-hybridized carbons (Fsp3) is 0.579. The van der Waals surface area contributed by atoms with E-state index >= 15 is 0 Å². The van der Waals surface area contributed by atoms with Crippen molar-refractivity contribution in [1.82, 2.24) is 10.2 Å². The molecule has 2 atom stereocenters. The summed E-state index contributed by atoms with van der Waals surface area (Å²) in [6.45, 7) is 2.30. The molecule has 1 aliphatic carbocycles. The van der Waals surface area contributed by atoms with Gasteiger partial charge in [0, 0.05) is 5.75 Å². The number of thioether (sulfide) groups is 1. The molecule has 1 aromatic heterocycles. The first-order valence-corrected chi connectivity index (χ1v) is 9.75. The lowest BCUT2D eigenvalue weighted by Gasteiger charge is -2.29. The van der Waals surface area contributed by atoms with Gasteiger partial charge in [0.1, 0.15) is 0 Å². The molecule has 0 amide bonds. The summed E-state index contributed by atoms with van der Waals surface area (Å²) < 4.78 is 5.03. The third-order valence-corrected chi connectivity index (χ3v) is 5.76. The predicted octanol–water partition coefficient (Wildman–Crippen LogP) is 5.63. The maximum atomic E-state index is 5.03. The highest BCUT2D eigenvalue weighted by molar-refractivity contribution is 7.98. The molecule has 1 fully saturated rings. The zero-order chi connectivity index (χ0) is 15.9. The molecule has 0 aliphatic heterocycles. The first-order chi connectivity index (χ1) is 11.3. The van der Waals surface area contributed by atoms with E-state index in [1.54, 1.807) is 11.8 Å². The van der Waals surface area contributed by atoms with Gasteiger partial charge in [0.05, 0.1) is 0 Å². The first kappa shape index (κ1) is 16.6. The van der Waals surface area contributed by atoms with Crippen molar-refractivity contribution < 1.29 is 4.42 Å². The van der Waals surface area contributed by atoms with E-state index in [1.807, 2.05) is 0 Å². The van der Waals surface area contributed by atoms with Crippen LogP contribution in [0.25, 0.3) is 0 Å². The number of benzene rings is 1. The predicted molar refractivity (Wildman–Crippen MR) is 93.4 cm³/mol. The average molecular weight is 329 g/mol. The van der Waals surface area contributed by atoms with E-state index in [1.165, 1.54) is 56.1 Å². The number of hydrogen-bond acceptors (Lipinski definition) is 4. The summed E-state index contributed by atoms with van der Waals surface area (Å²) in [6.07, 6.45) is 12.1. The van der Waals surface area contributed by atoms with Crippen LogP contribution in [0.1, 0.15) is 68.9 Å². The monoisotopic (exact) mass is 329 g/mol. The summed E-state index contributed by atoms with van der Waals surface area (Å²) in [5.41, 5.74) is 2.82. The van der Waals surface area contributed by atoms with Gasteiger partial charge in [-0.25, -0.2) is 0 Å². The standard InChI is InChI=1S/C19H25N2OS/c1-2-3-5-15-6-4-7-18(12-15)17-10-8-16(9-11-17)13-23-19-21-20-14-22-19/h8-11,15,18H,2-7,12-13H2,1H3. The molecule has 1 aromatic carbocycles. The molecule has 0 spiro atoms. The molecule has 0 N–H and O–H groups in total. The zero-order valence-corrected chi connectivity index (χ0v) is 14.6. The summed E-state index contributed by atoms with van der Waals surface area (Å²) in [7, 11) is 0. The number of rotatable bonds is 7. The molecular weight excluding hydrogens is 304 g/mol. The van der Waals surface area contributed by atoms with Crippen LogP contribution in [0.3, 0.4) is 0 Å². The second-order valence-electron chi connectivity index (χ2n) is 6.56. The lowest BCUT2D eigenvalue weighted by Crippen LogP contribution is -2.14. The molecule has 2 aromatic rings. The summed E-state index contributed by atoms with van der Waals surface area (Å²) in [5.74, 6) is 2.57. The highest BCUT2D eigenvalue weighted by Gasteiger charge is 2.22. The van der Waals surface area contributed by atoms with Gasteiger partial charge < -0.3 is 4.42 Å². The molecular formula is C19H25N2OS. The minimum atomic E-state index is 0.583. The van der Waals surface area contributed by atoms with E-state index in [-0.39, 0.29) is 0 Å². The molecule has 1 radical (unpaired) electrons. The summed E-state index contributed by atoms with van der Waals surface area (Å²) >= 11 is 1.56. The van der Waals surface area contributed by atoms with Gasteiger partial charge in [-0.2, -0.15) is 0 Å². The van der Waals surface area contributed by atoms with Crippen molar-refractivity contribution in [3.63, 3.8) is 0 Å². The Morgan fingerprint density at radius 3 is 2.87 bits per heavy atom. The normalized spacial score (nSPS) is 21.4. The van der Waals surface area contributed by atoms with Gasteiger partial charge in [0.15, 0.2) is 0 Å². The minimum Gasteiger partial charge on any atom is -0.407 e. The van der Waals surface area contributed by atoms with Crippen molar-refractivity contribution in [2.45, 2.75) is 68.8 Å². The third kappa shape index (κ3) is 4.84. The highest BCUT2D eigenvalue weighted by atomic mass is 32.2. The van der Waals surface area contributed by atoms with Gasteiger partial charge in [-0.3, -0.25) is 0 Å². The van der Waals surface area contributed by atoms with Crippen molar-refractivity contribution >= 4 is 11.8 Å². The maximum Gasteiger partial charge on any atom is 0.306 e. The largest absolute Gasteiger partial charge is 0.407 e. The van der Waals surface area contributed by atoms with Crippen LogP contribution in [0.4, 0.5) is 0 Å². The first-order valence-electron chi connectivity index (χ1n) is 8.76. The molecule has 1 aliphatic rings. The highest BCUT2D eigenvalue weighted by Crippen LogP contribution is 2.38. The van der Waals surface area contributed by atoms with Gasteiger partial charge in [-0.05, 0) is 35.8 Å². The summed E-state index contributed by atoms with van der Waals surface area (Å²) in [6, 6.07) is 9.14. The summed E-state index contributed by atoms with van der Waals surface area (Å²) in [4.78, 5) is 0. The van der Waals surface area contributed by atoms with E-state index < -0.39 is 0 Å². The van der Waals surface area contributed by atoms with Gasteiger partial charge in [-0.1, -0.05) is 75.1 Å². The Morgan fingerprint density at radius 1 is 1.26 bits per heavy atom. The summed E-state index contributed by atoms with van der Waals surface area (Å²) in [5, 5.41) is 8.00. The Bertz CT molecular complexity index is 568. The second kappa shape index (κ2) is 8.53. The number of hydrogen-bond donors (Lipinski definition) is 0. The number of aromatic nitrogens is 2. The quantitative estimate of drug-likeness (QED) is 0.617. The van der Waals surface area contributed by atoms with E-state index in [2.05, 4.69) is 47.8 Å². The lowest BCUT2D eigenvalue weighted by atomic mass is 9.76. The van der Waals surface area contributed by atoms with Crippen LogP contribution in [-0.4, -0.2) is 10.2 Å². The zero-order valence-electron chi connectivity index (χ0n) is 13.8. The van der Waals surface area contributed by atoms with Crippen molar-refractivity contribution in [3.05, 3.63) is 41.8 Å². The van der Waals surface area contributed by atoms with Crippen LogP contribution < -0.4 is 0 Å². The lowest BCUT2D eigenvalue weighted by molar-refractivity contribution is 0.300. The smallest absolute Gasteiger partial charge is 0.306 e. The second-order valence-corrected chi connectivity index (χ2v) is 7.49. The van der Waals surface area contributed by atoms with Crippen LogP contribution in [0.15, 0.2) is 33.9 Å². The molecule has 1 saturated carbocycles. The minimum absolute atomic E-state index is 0.583. The molecule has 4 heteroatoms. The number of unbranched alkanes of at least 4 members (excludes halogenated alkanes) is 1. The Hall–Kier alpha value is -1.29. The number of nitrogens with zero attached hydrogens (tertiary/aromatic N) is 2. The molecule has 3 rings (SSSR count). The Balaban J connectivity index is 1.53. The van der Waals surface area contributed by atoms with Crippen molar-refractivity contribution in [2.75, 3.05) is 0 Å². The van der Waals surface area contributed by atoms with E-state index in [9.17, 15) is 0 Å². The SMILES string of the molecule is CCCCC1CCCC(c2ccc(CSc3nn[c]o3)cc2)C1. The fourth-order valence-corrected chi connectivity index (χ4v) is 4.26. The fourth-order valence-electron chi connectivity index (χ4n) is 3.58. The molecule has 123 valence electrons. The van der Waals surface area contributed by atoms with Crippen molar-refractivity contribution in [3.8, 4) is 0 Å². The molecule has 0 bridgehead atoms. The molecule has 0 saturated heterocycles. The van der Waals surface area contributed by atoms with Gasteiger partial charge >= 0.3 is 6.39 Å². The van der Waals surface area contributed by atoms with Gasteiger partial charge in [0.2, 0.25) is 0 Å². The Labute approximate surface area is 143 Å². The van der Waals surface area contributed by atoms with Crippen LogP contribution >= 0.6 is 11.8 Å².